The quantitative estimate of drug-likeness (QED) is 0.0204. The molecule has 12 unspecified atom stereocenters. The zero-order valence-electron chi connectivity index (χ0n) is 55.1. The van der Waals surface area contributed by atoms with Crippen LogP contribution in [0.4, 0.5) is 0 Å². The fourth-order valence-corrected chi connectivity index (χ4v) is 12.0. The number of amides is 1. The molecule has 0 aromatic heterocycles. The Balaban J connectivity index is 1.58. The van der Waals surface area contributed by atoms with Gasteiger partial charge in [0.25, 0.3) is 0 Å². The van der Waals surface area contributed by atoms with E-state index in [0.717, 1.165) is 32.1 Å². The number of hydrogen-bond acceptors (Lipinski definition) is 13. The number of nitrogens with one attached hydrogen (secondary N) is 1. The van der Waals surface area contributed by atoms with Crippen molar-refractivity contribution in [2.75, 3.05) is 19.8 Å². The van der Waals surface area contributed by atoms with Crippen molar-refractivity contribution in [2.24, 2.45) is 0 Å². The summed E-state index contributed by atoms with van der Waals surface area (Å²) in [4.78, 5) is 13.3. The molecule has 12 atom stereocenters. The number of ether oxygens (including phenoxy) is 4. The number of aliphatic hydroxyl groups is 8. The molecule has 0 spiro atoms. The predicted molar refractivity (Wildman–Crippen MR) is 351 cm³/mol. The summed E-state index contributed by atoms with van der Waals surface area (Å²) in [5, 5.41) is 87.3. The highest BCUT2D eigenvalue weighted by molar-refractivity contribution is 5.76. The molecule has 2 saturated heterocycles. The molecule has 0 saturated carbocycles. The van der Waals surface area contributed by atoms with E-state index < -0.39 is 86.8 Å². The second-order valence-electron chi connectivity index (χ2n) is 25.7. The van der Waals surface area contributed by atoms with Crippen LogP contribution in [-0.4, -0.2) is 140 Å². The molecule has 0 aromatic rings. The SMILES string of the molecule is CCCCCCCCCC/C=C\CCCCCCCCCCCCCCCCCCCCCCCCCCCC(=O)NC(COC1OC(CO)C(OC2OC(CO)C(O)C(O)C2O)C(O)C1O)C(O)/C=C/CC/C=C/CCCCCCCCCCC. The van der Waals surface area contributed by atoms with Crippen molar-refractivity contribution in [3.63, 3.8) is 0 Å². The maximum atomic E-state index is 13.3. The Bertz CT molecular complexity index is 1580. The minimum atomic E-state index is -1.79. The van der Waals surface area contributed by atoms with Gasteiger partial charge in [-0.25, -0.2) is 0 Å². The highest BCUT2D eigenvalue weighted by Crippen LogP contribution is 2.30. The summed E-state index contributed by atoms with van der Waals surface area (Å²) in [6.45, 7) is 2.81. The first-order valence-electron chi connectivity index (χ1n) is 36.2. The third-order valence-electron chi connectivity index (χ3n) is 17.8. The first-order chi connectivity index (χ1) is 42.1. The van der Waals surface area contributed by atoms with Gasteiger partial charge in [-0.05, 0) is 57.8 Å². The van der Waals surface area contributed by atoms with Crippen molar-refractivity contribution in [3.05, 3.63) is 36.5 Å². The Hall–Kier alpha value is -1.79. The summed E-state index contributed by atoms with van der Waals surface area (Å²) in [5.74, 6) is -0.244. The normalized spacial score (nSPS) is 23.6. The van der Waals surface area contributed by atoms with Gasteiger partial charge < -0.3 is 65.1 Å². The Morgan fingerprint density at radius 2 is 0.744 bits per heavy atom. The first-order valence-corrected chi connectivity index (χ1v) is 36.2. The van der Waals surface area contributed by atoms with Crippen LogP contribution in [0.25, 0.3) is 0 Å². The Kier molecular flexibility index (Phi) is 53.4. The predicted octanol–water partition coefficient (Wildman–Crippen LogP) is 14.9. The maximum Gasteiger partial charge on any atom is 0.220 e. The van der Waals surface area contributed by atoms with Crippen LogP contribution in [0.2, 0.25) is 0 Å². The van der Waals surface area contributed by atoms with Gasteiger partial charge >= 0.3 is 0 Å². The standard InChI is InChI=1S/C72H135NO13/c1-3-5-7-9-11-13-15-17-19-20-21-22-23-24-25-26-27-28-29-30-31-32-33-34-35-36-37-38-39-40-42-44-46-48-50-52-54-56-64(77)73-60(61(76)55-53-51-49-47-45-43-41-18-16-14-12-10-8-6-4-2)59-83-71-69(82)67(80)70(63(58-75)85-71)86-72-68(81)66(79)65(78)62(57-74)84-72/h20-21,45,47,53,55,60-63,65-72,74-76,78-82H,3-19,22-44,46,48-52,54,56-59H2,1-2H3,(H,73,77)/b21-20-,47-45+,55-53+. The molecule has 2 heterocycles. The van der Waals surface area contributed by atoms with Gasteiger partial charge in [-0.15, -0.1) is 0 Å². The fourth-order valence-electron chi connectivity index (χ4n) is 12.0. The average molecular weight is 1220 g/mol. The summed E-state index contributed by atoms with van der Waals surface area (Å²) in [5.41, 5.74) is 0. The summed E-state index contributed by atoms with van der Waals surface area (Å²) < 4.78 is 22.8. The van der Waals surface area contributed by atoms with Crippen LogP contribution in [0, 0.1) is 0 Å². The van der Waals surface area contributed by atoms with Gasteiger partial charge in [0.05, 0.1) is 32.0 Å². The second-order valence-corrected chi connectivity index (χ2v) is 25.7. The van der Waals surface area contributed by atoms with Gasteiger partial charge in [-0.2, -0.15) is 0 Å². The average Bonchev–Trinajstić information content (AvgIpc) is 1.83. The molecule has 0 aromatic carbocycles. The summed E-state index contributed by atoms with van der Waals surface area (Å²) in [6, 6.07) is -0.929. The summed E-state index contributed by atoms with van der Waals surface area (Å²) >= 11 is 0. The lowest BCUT2D eigenvalue weighted by atomic mass is 9.97. The van der Waals surface area contributed by atoms with Crippen LogP contribution in [0.5, 0.6) is 0 Å². The van der Waals surface area contributed by atoms with E-state index in [9.17, 15) is 45.6 Å². The Labute approximate surface area is 525 Å². The molecular weight excluding hydrogens is 1090 g/mol. The summed E-state index contributed by atoms with van der Waals surface area (Å²) in [7, 11) is 0. The van der Waals surface area contributed by atoms with Crippen molar-refractivity contribution in [1.82, 2.24) is 5.32 Å². The molecule has 0 aliphatic carbocycles. The van der Waals surface area contributed by atoms with Crippen molar-refractivity contribution >= 4 is 5.91 Å². The van der Waals surface area contributed by atoms with Gasteiger partial charge in [0, 0.05) is 6.42 Å². The fraction of sp³-hybridized carbons (Fsp3) is 0.903. The van der Waals surface area contributed by atoms with Crippen LogP contribution in [0.1, 0.15) is 322 Å². The van der Waals surface area contributed by atoms with Crippen LogP contribution in [0.3, 0.4) is 0 Å². The van der Waals surface area contributed by atoms with E-state index in [2.05, 4.69) is 43.5 Å². The largest absolute Gasteiger partial charge is 0.394 e. The lowest BCUT2D eigenvalue weighted by Gasteiger charge is -2.46. The van der Waals surface area contributed by atoms with E-state index in [1.165, 1.54) is 257 Å². The molecule has 2 rings (SSSR count). The molecule has 0 bridgehead atoms. The molecule has 2 aliphatic rings. The maximum absolute atomic E-state index is 13.3. The van der Waals surface area contributed by atoms with E-state index in [1.807, 2.05) is 6.08 Å². The smallest absolute Gasteiger partial charge is 0.220 e. The van der Waals surface area contributed by atoms with Gasteiger partial charge in [0.2, 0.25) is 5.91 Å². The Morgan fingerprint density at radius 3 is 1.14 bits per heavy atom. The lowest BCUT2D eigenvalue weighted by Crippen LogP contribution is -2.65. The van der Waals surface area contributed by atoms with E-state index in [-0.39, 0.29) is 18.9 Å². The molecule has 0 radical (unpaired) electrons. The molecule has 1 amide bonds. The topological polar surface area (TPSA) is 228 Å². The molecule has 506 valence electrons. The third-order valence-corrected chi connectivity index (χ3v) is 17.8. The second kappa shape index (κ2) is 57.1. The minimum Gasteiger partial charge on any atom is -0.394 e. The van der Waals surface area contributed by atoms with Crippen LogP contribution in [-0.2, 0) is 23.7 Å². The van der Waals surface area contributed by atoms with E-state index in [1.54, 1.807) is 6.08 Å². The molecule has 14 nitrogen and oxygen atoms in total. The molecule has 14 heteroatoms. The van der Waals surface area contributed by atoms with Gasteiger partial charge in [0.15, 0.2) is 12.6 Å². The van der Waals surface area contributed by atoms with Crippen molar-refractivity contribution in [1.29, 1.82) is 0 Å². The lowest BCUT2D eigenvalue weighted by molar-refractivity contribution is -0.359. The van der Waals surface area contributed by atoms with Crippen LogP contribution >= 0.6 is 0 Å². The van der Waals surface area contributed by atoms with Crippen molar-refractivity contribution in [3.8, 4) is 0 Å². The minimum absolute atomic E-state index is 0.244. The molecule has 86 heavy (non-hydrogen) atoms. The number of carbonyl (C=O) groups excluding carboxylic acids is 1. The van der Waals surface area contributed by atoms with Crippen LogP contribution < -0.4 is 5.32 Å². The molecule has 2 aliphatic heterocycles. The molecule has 9 N–H and O–H groups in total. The van der Waals surface area contributed by atoms with E-state index >= 15 is 0 Å². The first kappa shape index (κ1) is 80.3. The zero-order valence-corrected chi connectivity index (χ0v) is 55.1. The third kappa shape index (κ3) is 40.8. The van der Waals surface area contributed by atoms with Gasteiger partial charge in [0.1, 0.15) is 48.8 Å². The van der Waals surface area contributed by atoms with E-state index in [4.69, 9.17) is 18.9 Å². The highest BCUT2D eigenvalue weighted by atomic mass is 16.7. The highest BCUT2D eigenvalue weighted by Gasteiger charge is 2.51. The Morgan fingerprint density at radius 1 is 0.407 bits per heavy atom. The number of rotatable bonds is 60. The molecular formula is C72H135NO13. The monoisotopic (exact) mass is 1220 g/mol. The number of unbranched alkanes of at least 4 members (excludes halogenated alkanes) is 43. The van der Waals surface area contributed by atoms with Gasteiger partial charge in [-0.3, -0.25) is 4.79 Å². The zero-order chi connectivity index (χ0) is 62.3. The van der Waals surface area contributed by atoms with Crippen LogP contribution in [0.15, 0.2) is 36.5 Å². The van der Waals surface area contributed by atoms with Crippen molar-refractivity contribution < 1.29 is 64.6 Å². The number of hydrogen-bond donors (Lipinski definition) is 9. The number of carbonyl (C=O) groups is 1. The van der Waals surface area contributed by atoms with Crippen molar-refractivity contribution in [2.45, 2.75) is 396 Å². The van der Waals surface area contributed by atoms with Gasteiger partial charge in [-0.1, -0.05) is 294 Å². The summed E-state index contributed by atoms with van der Waals surface area (Å²) in [6.07, 6.45) is 56.7. The molecule has 2 fully saturated rings. The number of aliphatic hydroxyl groups excluding tert-OH is 8. The number of allylic oxidation sites excluding steroid dienone is 5. The van der Waals surface area contributed by atoms with E-state index in [0.29, 0.717) is 12.8 Å².